The van der Waals surface area contributed by atoms with Gasteiger partial charge in [0.1, 0.15) is 23.8 Å². The van der Waals surface area contributed by atoms with Crippen molar-refractivity contribution in [1.29, 1.82) is 0 Å². The van der Waals surface area contributed by atoms with Gasteiger partial charge in [-0.2, -0.15) is 0 Å². The molecule has 0 saturated carbocycles. The van der Waals surface area contributed by atoms with Crippen LogP contribution in [0.3, 0.4) is 0 Å². The van der Waals surface area contributed by atoms with Crippen LogP contribution in [0.15, 0.2) is 30.3 Å². The van der Waals surface area contributed by atoms with Gasteiger partial charge in [-0.1, -0.05) is 0 Å². The van der Waals surface area contributed by atoms with E-state index in [4.69, 9.17) is 4.74 Å². The second-order valence-corrected chi connectivity index (χ2v) is 6.09. The van der Waals surface area contributed by atoms with Gasteiger partial charge in [-0.25, -0.2) is 14.4 Å². The molecule has 0 unspecified atom stereocenters. The van der Waals surface area contributed by atoms with Crippen molar-refractivity contribution < 1.29 is 14.2 Å². The van der Waals surface area contributed by atoms with Crippen LogP contribution >= 0.6 is 0 Å². The molecular formula is C17H20FN3O2. The number of aryl methyl sites for hydroxylation is 2. The van der Waals surface area contributed by atoms with Gasteiger partial charge in [0.15, 0.2) is 0 Å². The Labute approximate surface area is 134 Å². The highest BCUT2D eigenvalue weighted by molar-refractivity contribution is 5.35. The zero-order valence-electron chi connectivity index (χ0n) is 13.3. The first-order chi connectivity index (χ1) is 10.9. The summed E-state index contributed by atoms with van der Waals surface area (Å²) in [5.41, 5.74) is 0.853. The molecule has 6 heteroatoms. The lowest BCUT2D eigenvalue weighted by atomic mass is 10.1. The van der Waals surface area contributed by atoms with E-state index in [1.54, 1.807) is 12.1 Å². The van der Waals surface area contributed by atoms with E-state index >= 15 is 0 Å². The van der Waals surface area contributed by atoms with Crippen LogP contribution < -0.4 is 9.64 Å². The highest BCUT2D eigenvalue weighted by atomic mass is 19.1. The van der Waals surface area contributed by atoms with Crippen molar-refractivity contribution in [3.63, 3.8) is 0 Å². The normalized spacial score (nSPS) is 20.8. The van der Waals surface area contributed by atoms with Crippen LogP contribution in [0.5, 0.6) is 5.75 Å². The third kappa shape index (κ3) is 3.76. The summed E-state index contributed by atoms with van der Waals surface area (Å²) < 4.78 is 18.5. The first kappa shape index (κ1) is 15.7. The SMILES string of the molecule is Cc1cc(C)nc(N2CC[C@@](O)(COc3ccc(F)cc3)C2)n1. The summed E-state index contributed by atoms with van der Waals surface area (Å²) in [5, 5.41) is 10.7. The minimum Gasteiger partial charge on any atom is -0.491 e. The molecule has 1 aromatic carbocycles. The first-order valence-corrected chi connectivity index (χ1v) is 7.62. The Morgan fingerprint density at radius 1 is 1.22 bits per heavy atom. The summed E-state index contributed by atoms with van der Waals surface area (Å²) >= 11 is 0. The molecule has 0 bridgehead atoms. The summed E-state index contributed by atoms with van der Waals surface area (Å²) in [7, 11) is 0. The molecule has 1 fully saturated rings. The van der Waals surface area contributed by atoms with Crippen LogP contribution in [0.2, 0.25) is 0 Å². The number of rotatable bonds is 4. The Kier molecular flexibility index (Phi) is 4.17. The highest BCUT2D eigenvalue weighted by Gasteiger charge is 2.38. The van der Waals surface area contributed by atoms with Gasteiger partial charge in [-0.15, -0.1) is 0 Å². The van der Waals surface area contributed by atoms with Crippen LogP contribution in [0.1, 0.15) is 17.8 Å². The van der Waals surface area contributed by atoms with Crippen LogP contribution in [-0.4, -0.2) is 40.4 Å². The fraction of sp³-hybridized carbons (Fsp3) is 0.412. The molecular weight excluding hydrogens is 297 g/mol. The van der Waals surface area contributed by atoms with E-state index in [1.165, 1.54) is 12.1 Å². The molecule has 0 amide bonds. The Balaban J connectivity index is 1.64. The Morgan fingerprint density at radius 2 is 1.87 bits per heavy atom. The lowest BCUT2D eigenvalue weighted by Crippen LogP contribution is -2.39. The van der Waals surface area contributed by atoms with E-state index in [2.05, 4.69) is 9.97 Å². The van der Waals surface area contributed by atoms with E-state index in [-0.39, 0.29) is 12.4 Å². The lowest BCUT2D eigenvalue weighted by molar-refractivity contribution is 0.0144. The van der Waals surface area contributed by atoms with Crippen LogP contribution in [0.25, 0.3) is 0 Å². The number of hydrogen-bond acceptors (Lipinski definition) is 5. The molecule has 1 N–H and O–H groups in total. The molecule has 1 aromatic heterocycles. The lowest BCUT2D eigenvalue weighted by Gasteiger charge is -2.23. The molecule has 5 nitrogen and oxygen atoms in total. The maximum atomic E-state index is 12.9. The topological polar surface area (TPSA) is 58.5 Å². The predicted octanol–water partition coefficient (Wildman–Crippen LogP) is 2.25. The van der Waals surface area contributed by atoms with Crippen LogP contribution in [0.4, 0.5) is 10.3 Å². The fourth-order valence-corrected chi connectivity index (χ4v) is 2.74. The summed E-state index contributed by atoms with van der Waals surface area (Å²) in [6.07, 6.45) is 0.574. The van der Waals surface area contributed by atoms with Crippen molar-refractivity contribution in [2.45, 2.75) is 25.9 Å². The third-order valence-electron chi connectivity index (χ3n) is 3.91. The molecule has 122 valence electrons. The molecule has 0 radical (unpaired) electrons. The molecule has 0 spiro atoms. The van der Waals surface area contributed by atoms with Gasteiger partial charge >= 0.3 is 0 Å². The van der Waals surface area contributed by atoms with Gasteiger partial charge in [-0.05, 0) is 50.6 Å². The molecule has 1 saturated heterocycles. The minimum atomic E-state index is -0.963. The number of aliphatic hydroxyl groups is 1. The molecule has 1 aliphatic heterocycles. The first-order valence-electron chi connectivity index (χ1n) is 7.62. The Bertz CT molecular complexity index is 672. The Morgan fingerprint density at radius 3 is 2.52 bits per heavy atom. The average molecular weight is 317 g/mol. The van der Waals surface area contributed by atoms with Crippen molar-refractivity contribution in [3.05, 3.63) is 47.5 Å². The maximum absolute atomic E-state index is 12.9. The van der Waals surface area contributed by atoms with Crippen molar-refractivity contribution in [2.24, 2.45) is 0 Å². The molecule has 2 aromatic rings. The summed E-state index contributed by atoms with van der Waals surface area (Å²) in [6.45, 7) is 5.10. The molecule has 0 aliphatic carbocycles. The monoisotopic (exact) mass is 317 g/mol. The highest BCUT2D eigenvalue weighted by Crippen LogP contribution is 2.26. The predicted molar refractivity (Wildman–Crippen MR) is 85.2 cm³/mol. The molecule has 23 heavy (non-hydrogen) atoms. The second-order valence-electron chi connectivity index (χ2n) is 6.09. The largest absolute Gasteiger partial charge is 0.491 e. The van der Waals surface area contributed by atoms with Crippen molar-refractivity contribution in [1.82, 2.24) is 9.97 Å². The van der Waals surface area contributed by atoms with Crippen molar-refractivity contribution in [3.8, 4) is 5.75 Å². The number of benzene rings is 1. The number of hydrogen-bond donors (Lipinski definition) is 1. The van der Waals surface area contributed by atoms with E-state index in [0.29, 0.717) is 31.2 Å². The van der Waals surface area contributed by atoms with Gasteiger partial charge in [0, 0.05) is 17.9 Å². The van der Waals surface area contributed by atoms with Crippen LogP contribution in [0, 0.1) is 19.7 Å². The van der Waals surface area contributed by atoms with Gasteiger partial charge in [0.2, 0.25) is 5.95 Å². The molecule has 3 rings (SSSR count). The Hall–Kier alpha value is -2.21. The number of nitrogens with zero attached hydrogens (tertiary/aromatic N) is 3. The van der Waals surface area contributed by atoms with Gasteiger partial charge in [0.05, 0.1) is 6.54 Å². The zero-order valence-corrected chi connectivity index (χ0v) is 13.3. The second kappa shape index (κ2) is 6.12. The van der Waals surface area contributed by atoms with E-state index in [9.17, 15) is 9.50 Å². The average Bonchev–Trinajstić information content (AvgIpc) is 2.89. The van der Waals surface area contributed by atoms with Crippen molar-refractivity contribution in [2.75, 3.05) is 24.6 Å². The number of aromatic nitrogens is 2. The van der Waals surface area contributed by atoms with E-state index < -0.39 is 5.60 Å². The molecule has 1 aliphatic rings. The maximum Gasteiger partial charge on any atom is 0.225 e. The summed E-state index contributed by atoms with van der Waals surface area (Å²) in [5.74, 6) is 0.871. The van der Waals surface area contributed by atoms with E-state index in [0.717, 1.165) is 11.4 Å². The summed E-state index contributed by atoms with van der Waals surface area (Å²) in [6, 6.07) is 7.70. The van der Waals surface area contributed by atoms with E-state index in [1.807, 2.05) is 24.8 Å². The number of anilines is 1. The smallest absolute Gasteiger partial charge is 0.225 e. The standard InChI is InChI=1S/C17H20FN3O2/c1-12-9-13(2)20-16(19-12)21-8-7-17(22,10-21)11-23-15-5-3-14(18)4-6-15/h3-6,9,22H,7-8,10-11H2,1-2H3/t17-/m0/s1. The number of ether oxygens (including phenoxy) is 1. The molecule has 1 atom stereocenters. The van der Waals surface area contributed by atoms with Crippen LogP contribution in [-0.2, 0) is 0 Å². The van der Waals surface area contributed by atoms with Gasteiger partial charge < -0.3 is 14.7 Å². The third-order valence-corrected chi connectivity index (χ3v) is 3.91. The van der Waals surface area contributed by atoms with Gasteiger partial charge in [0.25, 0.3) is 0 Å². The van der Waals surface area contributed by atoms with Gasteiger partial charge in [-0.3, -0.25) is 0 Å². The fourth-order valence-electron chi connectivity index (χ4n) is 2.74. The summed E-state index contributed by atoms with van der Waals surface area (Å²) in [4.78, 5) is 10.8. The molecule has 2 heterocycles. The minimum absolute atomic E-state index is 0.153. The quantitative estimate of drug-likeness (QED) is 0.937. The zero-order chi connectivity index (χ0) is 16.4. The van der Waals surface area contributed by atoms with Crippen molar-refractivity contribution >= 4 is 5.95 Å². The number of halogens is 1. The number of β-amino-alcohol motifs (C(OH)–C–C–N with tert-alkyl or cyclic N) is 1.